The van der Waals surface area contributed by atoms with Crippen molar-refractivity contribution in [1.82, 2.24) is 5.10 Å². The number of halogens is 1. The molecule has 0 amide bonds. The molecule has 3 rings (SSSR count). The molecular weight excluding hydrogens is 350 g/mol. The Bertz CT molecular complexity index is 655. The zero-order valence-electron chi connectivity index (χ0n) is 13.5. The Labute approximate surface area is 147 Å². The van der Waals surface area contributed by atoms with Gasteiger partial charge in [0.05, 0.1) is 11.8 Å². The second-order valence-corrected chi connectivity index (χ2v) is 6.39. The van der Waals surface area contributed by atoms with E-state index in [4.69, 9.17) is 29.1 Å². The molecule has 25 heavy (non-hydrogen) atoms. The molecule has 0 atom stereocenters. The number of hydrogen-bond donors (Lipinski definition) is 1. The summed E-state index contributed by atoms with van der Waals surface area (Å²) in [4.78, 5) is 0. The van der Waals surface area contributed by atoms with Crippen molar-refractivity contribution in [2.75, 3.05) is 5.73 Å². The van der Waals surface area contributed by atoms with Crippen LogP contribution >= 0.6 is 0 Å². The van der Waals surface area contributed by atoms with Gasteiger partial charge in [0.2, 0.25) is 5.69 Å². The third-order valence-corrected chi connectivity index (χ3v) is 3.66. The highest BCUT2D eigenvalue weighted by Gasteiger charge is 2.23. The number of nitrogen functional groups attached to an aromatic ring is 1. The van der Waals surface area contributed by atoms with Crippen molar-refractivity contribution in [2.24, 2.45) is 0 Å². The highest BCUT2D eigenvalue weighted by atomic mass is 35.7. The van der Waals surface area contributed by atoms with Gasteiger partial charge in [0.25, 0.3) is 0 Å². The normalized spacial score (nSPS) is 15.2. The zero-order valence-corrected chi connectivity index (χ0v) is 14.3. The molecule has 2 aromatic rings. The molecule has 1 aromatic carbocycles. The number of benzene rings is 1. The molecule has 1 fully saturated rings. The van der Waals surface area contributed by atoms with E-state index < -0.39 is 10.2 Å². The molecule has 1 heterocycles. The van der Waals surface area contributed by atoms with Crippen molar-refractivity contribution in [3.05, 3.63) is 42.6 Å². The van der Waals surface area contributed by atoms with Crippen LogP contribution in [0.5, 0.6) is 5.88 Å². The van der Waals surface area contributed by atoms with Crippen LogP contribution in [0.2, 0.25) is 0 Å². The minimum Gasteiger partial charge on any atom is -0.439 e. The fraction of sp³-hybridized carbons (Fsp3) is 0.375. The van der Waals surface area contributed by atoms with Crippen LogP contribution < -0.4 is 33.8 Å². The van der Waals surface area contributed by atoms with Crippen molar-refractivity contribution in [3.63, 3.8) is 0 Å². The quantitative estimate of drug-likeness (QED) is 0.610. The van der Waals surface area contributed by atoms with E-state index in [9.17, 15) is 0 Å². The summed E-state index contributed by atoms with van der Waals surface area (Å²) < 4.78 is 41.9. The molecule has 9 heteroatoms. The molecule has 1 saturated carbocycles. The highest BCUT2D eigenvalue weighted by Crippen LogP contribution is 2.22. The van der Waals surface area contributed by atoms with E-state index in [1.165, 1.54) is 19.3 Å². The summed E-state index contributed by atoms with van der Waals surface area (Å²) in [6.07, 6.45) is 7.96. The summed E-state index contributed by atoms with van der Waals surface area (Å²) in [7, 11) is -4.94. The van der Waals surface area contributed by atoms with Gasteiger partial charge in [-0.05, 0) is 30.4 Å². The third kappa shape index (κ3) is 7.20. The van der Waals surface area contributed by atoms with Crippen molar-refractivity contribution in [3.8, 4) is 11.6 Å². The van der Waals surface area contributed by atoms with Gasteiger partial charge in [-0.25, -0.2) is 18.6 Å². The fourth-order valence-corrected chi connectivity index (χ4v) is 2.62. The third-order valence-electron chi connectivity index (χ3n) is 3.66. The summed E-state index contributed by atoms with van der Waals surface area (Å²) in [5, 5.41) is 4.38. The Morgan fingerprint density at radius 3 is 2.24 bits per heavy atom. The smallest absolute Gasteiger partial charge is 0.402 e. The van der Waals surface area contributed by atoms with Gasteiger partial charge in [-0.15, -0.1) is 10.2 Å². The first-order valence-electron chi connectivity index (χ1n) is 7.84. The minimum atomic E-state index is -4.94. The number of nitrogens with zero attached hydrogens (tertiary/aromatic N) is 2. The van der Waals surface area contributed by atoms with Crippen molar-refractivity contribution >= 4 is 5.69 Å². The van der Waals surface area contributed by atoms with Gasteiger partial charge in [0, 0.05) is 17.2 Å². The summed E-state index contributed by atoms with van der Waals surface area (Å²) in [5.41, 5.74) is 7.47. The first-order chi connectivity index (χ1) is 11.8. The van der Waals surface area contributed by atoms with Gasteiger partial charge in [0.1, 0.15) is 12.3 Å². The standard InChI is InChI=1S/C16H19N3O.ClHO4/c17-13-11-16(20-15-9-5-2-6-10-15)19(18-12-13)14-7-3-1-4-8-14;2-1(3,4)5/h1,3-4,7-8,11-12,15,17H,2,5-6,9-10H2;(H,2,3,4,5). The lowest BCUT2D eigenvalue weighted by Gasteiger charge is -2.21. The second-order valence-electron chi connectivity index (χ2n) is 5.63. The first-order valence-corrected chi connectivity index (χ1v) is 9.08. The Hall–Kier alpha value is -1.97. The Balaban J connectivity index is 0.000000399. The summed E-state index contributed by atoms with van der Waals surface area (Å²) in [6, 6.07) is 11.8. The lowest BCUT2D eigenvalue weighted by molar-refractivity contribution is -2.00. The van der Waals surface area contributed by atoms with E-state index >= 15 is 0 Å². The molecule has 0 spiro atoms. The lowest BCUT2D eigenvalue weighted by Crippen LogP contribution is -2.68. The topological polar surface area (TPSA) is 144 Å². The number of para-hydroxylation sites is 1. The molecule has 2 N–H and O–H groups in total. The van der Waals surface area contributed by atoms with Crippen LogP contribution in [0.4, 0.5) is 5.69 Å². The lowest BCUT2D eigenvalue weighted by atomic mass is 9.98. The summed E-state index contributed by atoms with van der Waals surface area (Å²) in [5.74, 6) is 0.725. The van der Waals surface area contributed by atoms with Gasteiger partial charge in [0.15, 0.2) is 0 Å². The van der Waals surface area contributed by atoms with Crippen LogP contribution in [0.25, 0.3) is 5.69 Å². The molecular formula is C16H20ClN3O5. The van der Waals surface area contributed by atoms with Crippen LogP contribution in [0.3, 0.4) is 0 Å². The maximum absolute atomic E-state index is 8.49. The van der Waals surface area contributed by atoms with Crippen LogP contribution in [0.15, 0.2) is 42.6 Å². The number of ether oxygens (including phenoxy) is 1. The largest absolute Gasteiger partial charge is 0.439 e. The van der Waals surface area contributed by atoms with Crippen LogP contribution in [0, 0.1) is 10.2 Å². The molecule has 1 aromatic heterocycles. The predicted molar refractivity (Wildman–Crippen MR) is 77.7 cm³/mol. The van der Waals surface area contributed by atoms with E-state index in [0.717, 1.165) is 24.4 Å². The molecule has 0 saturated heterocycles. The van der Waals surface area contributed by atoms with Crippen molar-refractivity contribution < 1.29 is 38.3 Å². The Kier molecular flexibility index (Phi) is 6.91. The molecule has 8 nitrogen and oxygen atoms in total. The maximum atomic E-state index is 8.49. The van der Waals surface area contributed by atoms with Crippen LogP contribution in [-0.2, 0) is 0 Å². The van der Waals surface area contributed by atoms with E-state index in [2.05, 4.69) is 5.10 Å². The molecule has 136 valence electrons. The fourth-order valence-electron chi connectivity index (χ4n) is 2.62. The highest BCUT2D eigenvalue weighted by molar-refractivity contribution is 5.36. The van der Waals surface area contributed by atoms with Gasteiger partial charge in [-0.3, -0.25) is 0 Å². The average Bonchev–Trinajstić information content (AvgIpc) is 2.55. The van der Waals surface area contributed by atoms with Gasteiger partial charge in [-0.1, -0.05) is 24.6 Å². The Morgan fingerprint density at radius 1 is 1.04 bits per heavy atom. The predicted octanol–water partition coefficient (Wildman–Crippen LogP) is -2.10. The minimum absolute atomic E-state index is 0.280. The number of anilines is 1. The van der Waals surface area contributed by atoms with E-state index in [1.807, 2.05) is 41.1 Å². The molecule has 0 unspecified atom stereocenters. The number of hydrogen-bond acceptors (Lipinski definition) is 7. The molecule has 0 aliphatic heterocycles. The first kappa shape index (κ1) is 19.4. The van der Waals surface area contributed by atoms with E-state index in [0.29, 0.717) is 5.69 Å². The monoisotopic (exact) mass is 369 g/mol. The molecule has 1 aliphatic rings. The number of aromatic nitrogens is 2. The van der Waals surface area contributed by atoms with Gasteiger partial charge < -0.3 is 10.5 Å². The van der Waals surface area contributed by atoms with Crippen LogP contribution in [0.1, 0.15) is 32.1 Å². The van der Waals surface area contributed by atoms with Gasteiger partial charge >= 0.3 is 5.88 Å². The average molecular weight is 370 g/mol. The summed E-state index contributed by atoms with van der Waals surface area (Å²) in [6.45, 7) is 0. The molecule has 0 radical (unpaired) electrons. The van der Waals surface area contributed by atoms with Crippen molar-refractivity contribution in [2.45, 2.75) is 38.2 Å². The SMILES string of the molecule is Nc1cn[n+](-c2ccccc2)c(OC2CCCCC2)c1.[O-][Cl+3]([O-])([O-])[O-]. The zero-order chi connectivity index (χ0) is 18.3. The van der Waals surface area contributed by atoms with Gasteiger partial charge in [-0.2, -0.15) is 0 Å². The number of nitrogens with two attached hydrogens (primary N) is 1. The molecule has 1 aliphatic carbocycles. The second kappa shape index (κ2) is 8.93. The molecule has 0 bridgehead atoms. The van der Waals surface area contributed by atoms with E-state index in [1.54, 1.807) is 6.20 Å². The Morgan fingerprint density at radius 2 is 1.64 bits per heavy atom. The van der Waals surface area contributed by atoms with Crippen LogP contribution in [-0.4, -0.2) is 11.2 Å². The number of rotatable bonds is 3. The van der Waals surface area contributed by atoms with Crippen molar-refractivity contribution in [1.29, 1.82) is 0 Å². The maximum Gasteiger partial charge on any atom is 0.402 e. The summed E-state index contributed by atoms with van der Waals surface area (Å²) >= 11 is 0. The van der Waals surface area contributed by atoms with E-state index in [-0.39, 0.29) is 6.10 Å².